The van der Waals surface area contributed by atoms with E-state index in [1.165, 1.54) is 15.8 Å². The average molecular weight is 362 g/mol. The van der Waals surface area contributed by atoms with Crippen LogP contribution in [0.4, 0.5) is 4.39 Å². The summed E-state index contributed by atoms with van der Waals surface area (Å²) in [4.78, 5) is 1.89. The van der Waals surface area contributed by atoms with Crippen LogP contribution in [0.3, 0.4) is 0 Å². The molecule has 0 spiro atoms. The van der Waals surface area contributed by atoms with Crippen molar-refractivity contribution in [1.29, 1.82) is 0 Å². The third-order valence-corrected chi connectivity index (χ3v) is 5.20. The van der Waals surface area contributed by atoms with Gasteiger partial charge < -0.3 is 4.90 Å². The number of rotatable bonds is 8. The van der Waals surface area contributed by atoms with Crippen LogP contribution < -0.4 is 0 Å². The normalized spacial score (nSPS) is 12.4. The maximum absolute atomic E-state index is 13.9. The van der Waals surface area contributed by atoms with Crippen molar-refractivity contribution in [3.8, 4) is 0 Å². The quantitative estimate of drug-likeness (QED) is 0.724. The van der Waals surface area contributed by atoms with Gasteiger partial charge in [0.25, 0.3) is 0 Å². The van der Waals surface area contributed by atoms with Gasteiger partial charge in [0.2, 0.25) is 10.0 Å². The lowest BCUT2D eigenvalue weighted by Crippen LogP contribution is -2.35. The molecule has 0 N–H and O–H groups in total. The SMILES string of the molecule is CN(C)CCN(Cc1ccccc1F)S(=O)(=O)/C=C/c1ccccc1. The van der Waals surface area contributed by atoms with Gasteiger partial charge in [-0.2, -0.15) is 4.31 Å². The Kier molecular flexibility index (Phi) is 6.87. The van der Waals surface area contributed by atoms with E-state index in [1.807, 2.05) is 49.3 Å². The number of halogens is 1. The molecule has 0 radical (unpaired) electrons. The van der Waals surface area contributed by atoms with Gasteiger partial charge in [-0.3, -0.25) is 0 Å². The first-order valence-electron chi connectivity index (χ1n) is 8.00. The Morgan fingerprint density at radius 3 is 2.24 bits per heavy atom. The topological polar surface area (TPSA) is 40.6 Å². The van der Waals surface area contributed by atoms with Gasteiger partial charge in [-0.1, -0.05) is 48.5 Å². The van der Waals surface area contributed by atoms with Crippen LogP contribution in [0, 0.1) is 5.82 Å². The Labute approximate surface area is 149 Å². The van der Waals surface area contributed by atoms with Crippen LogP contribution in [-0.2, 0) is 16.6 Å². The van der Waals surface area contributed by atoms with Gasteiger partial charge in [0, 0.05) is 30.6 Å². The molecule has 0 saturated carbocycles. The second kappa shape index (κ2) is 8.89. The molecular formula is C19H23FN2O2S. The fourth-order valence-corrected chi connectivity index (χ4v) is 3.40. The third kappa shape index (κ3) is 6.08. The highest BCUT2D eigenvalue weighted by Gasteiger charge is 2.20. The van der Waals surface area contributed by atoms with Crippen molar-refractivity contribution in [2.24, 2.45) is 0 Å². The first kappa shape index (κ1) is 19.3. The molecule has 0 bridgehead atoms. The molecule has 0 atom stereocenters. The van der Waals surface area contributed by atoms with E-state index >= 15 is 0 Å². The maximum atomic E-state index is 13.9. The molecule has 0 fully saturated rings. The van der Waals surface area contributed by atoms with E-state index in [0.717, 1.165) is 5.56 Å². The summed E-state index contributed by atoms with van der Waals surface area (Å²) in [6.45, 7) is 0.831. The second-order valence-corrected chi connectivity index (χ2v) is 7.81. The molecule has 2 aromatic carbocycles. The standard InChI is InChI=1S/C19H23FN2O2S/c1-21(2)13-14-22(16-18-10-6-7-11-19(18)20)25(23,24)15-12-17-8-4-3-5-9-17/h3-12,15H,13-14,16H2,1-2H3/b15-12+. The van der Waals surface area contributed by atoms with Crippen LogP contribution in [-0.4, -0.2) is 44.8 Å². The zero-order chi connectivity index (χ0) is 18.3. The van der Waals surface area contributed by atoms with Crippen molar-refractivity contribution < 1.29 is 12.8 Å². The predicted octanol–water partition coefficient (Wildman–Crippen LogP) is 3.19. The van der Waals surface area contributed by atoms with Gasteiger partial charge in [0.05, 0.1) is 0 Å². The summed E-state index contributed by atoms with van der Waals surface area (Å²) in [7, 11) is 0.0658. The minimum atomic E-state index is -3.67. The highest BCUT2D eigenvalue weighted by Crippen LogP contribution is 2.15. The molecule has 25 heavy (non-hydrogen) atoms. The largest absolute Gasteiger partial charge is 0.308 e. The minimum Gasteiger partial charge on any atom is -0.308 e. The van der Waals surface area contributed by atoms with Crippen molar-refractivity contribution in [2.75, 3.05) is 27.2 Å². The van der Waals surface area contributed by atoms with Crippen molar-refractivity contribution in [1.82, 2.24) is 9.21 Å². The summed E-state index contributed by atoms with van der Waals surface area (Å²) in [6, 6.07) is 15.4. The molecule has 0 aliphatic heterocycles. The van der Waals surface area contributed by atoms with Crippen molar-refractivity contribution in [3.05, 3.63) is 76.9 Å². The lowest BCUT2D eigenvalue weighted by atomic mass is 10.2. The fourth-order valence-electron chi connectivity index (χ4n) is 2.24. The van der Waals surface area contributed by atoms with Gasteiger partial charge in [-0.25, -0.2) is 12.8 Å². The smallest absolute Gasteiger partial charge is 0.236 e. The highest BCUT2D eigenvalue weighted by molar-refractivity contribution is 7.92. The maximum Gasteiger partial charge on any atom is 0.236 e. The second-order valence-electron chi connectivity index (χ2n) is 5.99. The number of hydrogen-bond acceptors (Lipinski definition) is 3. The minimum absolute atomic E-state index is 0.00196. The number of sulfonamides is 1. The average Bonchev–Trinajstić information content (AvgIpc) is 2.59. The number of benzene rings is 2. The summed E-state index contributed by atoms with van der Waals surface area (Å²) < 4.78 is 40.7. The van der Waals surface area contributed by atoms with E-state index in [0.29, 0.717) is 12.1 Å². The van der Waals surface area contributed by atoms with Gasteiger partial charge in [-0.15, -0.1) is 0 Å². The lowest BCUT2D eigenvalue weighted by Gasteiger charge is -2.22. The summed E-state index contributed by atoms with van der Waals surface area (Å²) in [5, 5.41) is 1.18. The molecule has 134 valence electrons. The monoisotopic (exact) mass is 362 g/mol. The molecule has 0 aromatic heterocycles. The fraction of sp³-hybridized carbons (Fsp3) is 0.263. The molecule has 0 saturated heterocycles. The molecule has 6 heteroatoms. The van der Waals surface area contributed by atoms with Crippen LogP contribution in [0.5, 0.6) is 0 Å². The van der Waals surface area contributed by atoms with Crippen molar-refractivity contribution in [3.63, 3.8) is 0 Å². The highest BCUT2D eigenvalue weighted by atomic mass is 32.2. The van der Waals surface area contributed by atoms with Crippen molar-refractivity contribution in [2.45, 2.75) is 6.54 Å². The van der Waals surface area contributed by atoms with E-state index in [9.17, 15) is 12.8 Å². The van der Waals surface area contributed by atoms with Crippen LogP contribution in [0.15, 0.2) is 60.0 Å². The summed E-state index contributed by atoms with van der Waals surface area (Å²) in [6.07, 6.45) is 1.55. The molecule has 4 nitrogen and oxygen atoms in total. The van der Waals surface area contributed by atoms with Gasteiger partial charge in [0.15, 0.2) is 0 Å². The van der Waals surface area contributed by atoms with Crippen LogP contribution in [0.25, 0.3) is 6.08 Å². The predicted molar refractivity (Wildman–Crippen MR) is 99.8 cm³/mol. The Bertz CT molecular complexity index is 805. The van der Waals surface area contributed by atoms with E-state index in [4.69, 9.17) is 0 Å². The Hall–Kier alpha value is -2.02. The zero-order valence-corrected chi connectivity index (χ0v) is 15.3. The number of likely N-dealkylation sites (N-methyl/N-ethyl adjacent to an activating group) is 1. The molecule has 0 unspecified atom stereocenters. The molecule has 0 amide bonds. The molecule has 2 aromatic rings. The van der Waals surface area contributed by atoms with Crippen LogP contribution >= 0.6 is 0 Å². The molecule has 0 aliphatic rings. The first-order chi connectivity index (χ1) is 11.9. The zero-order valence-electron chi connectivity index (χ0n) is 14.5. The number of hydrogen-bond donors (Lipinski definition) is 0. The van der Waals surface area contributed by atoms with Crippen LogP contribution in [0.1, 0.15) is 11.1 Å². The molecule has 2 rings (SSSR count). The van der Waals surface area contributed by atoms with Gasteiger partial charge in [0.1, 0.15) is 5.82 Å². The van der Waals surface area contributed by atoms with E-state index < -0.39 is 15.8 Å². The van der Waals surface area contributed by atoms with E-state index in [2.05, 4.69) is 0 Å². The van der Waals surface area contributed by atoms with Crippen molar-refractivity contribution >= 4 is 16.1 Å². The summed E-state index contributed by atoms with van der Waals surface area (Å²) >= 11 is 0. The lowest BCUT2D eigenvalue weighted by molar-refractivity contribution is 0.329. The Balaban J connectivity index is 2.23. The van der Waals surface area contributed by atoms with Crippen LogP contribution in [0.2, 0.25) is 0 Å². The Morgan fingerprint density at radius 1 is 0.960 bits per heavy atom. The Morgan fingerprint density at radius 2 is 1.60 bits per heavy atom. The molecule has 0 heterocycles. The summed E-state index contributed by atoms with van der Waals surface area (Å²) in [5.41, 5.74) is 1.16. The van der Waals surface area contributed by atoms with Gasteiger partial charge in [-0.05, 0) is 31.8 Å². The van der Waals surface area contributed by atoms with E-state index in [-0.39, 0.29) is 13.1 Å². The molecular weight excluding hydrogens is 339 g/mol. The molecule has 0 aliphatic carbocycles. The summed E-state index contributed by atoms with van der Waals surface area (Å²) in [5.74, 6) is -0.403. The van der Waals surface area contributed by atoms with Gasteiger partial charge >= 0.3 is 0 Å². The first-order valence-corrected chi connectivity index (χ1v) is 9.50. The third-order valence-electron chi connectivity index (χ3n) is 3.69. The van der Waals surface area contributed by atoms with E-state index in [1.54, 1.807) is 24.3 Å². The number of nitrogens with zero attached hydrogens (tertiary/aromatic N) is 2.